The number of quaternary nitrogens is 1. The summed E-state index contributed by atoms with van der Waals surface area (Å²) in [5, 5.41) is 26.9. The molecule has 1 saturated heterocycles. The number of nitrogens with one attached hydrogen (secondary N) is 2. The first-order valence-electron chi connectivity index (χ1n) is 12.0. The molecule has 2 aromatic rings. The quantitative estimate of drug-likeness (QED) is 0.173. The van der Waals surface area contributed by atoms with Gasteiger partial charge in [-0.05, 0) is 48.5 Å². The maximum Gasteiger partial charge on any atom is 0.411 e. The van der Waals surface area contributed by atoms with Crippen LogP contribution in [0.25, 0.3) is 0 Å². The number of hydroxylamine groups is 2. The lowest BCUT2D eigenvalue weighted by atomic mass is 10.2. The van der Waals surface area contributed by atoms with E-state index >= 15 is 0 Å². The van der Waals surface area contributed by atoms with Gasteiger partial charge in [-0.25, -0.2) is 9.59 Å². The first-order valence-corrected chi connectivity index (χ1v) is 12.0. The van der Waals surface area contributed by atoms with E-state index in [0.717, 1.165) is 0 Å². The van der Waals surface area contributed by atoms with Crippen molar-refractivity contribution in [3.63, 3.8) is 0 Å². The number of carbonyl (C=O) groups is 4. The molecule has 2 aromatic carbocycles. The zero-order valence-corrected chi connectivity index (χ0v) is 23.1. The minimum Gasteiger partial charge on any atom is -1.00 e. The van der Waals surface area contributed by atoms with Crippen molar-refractivity contribution in [2.45, 2.75) is 0 Å². The van der Waals surface area contributed by atoms with Gasteiger partial charge < -0.3 is 26.4 Å². The Bertz CT molecular complexity index is 1170. The van der Waals surface area contributed by atoms with Gasteiger partial charge in [0.05, 0.1) is 52.3 Å². The zero-order chi connectivity index (χ0) is 28.6. The first-order chi connectivity index (χ1) is 18.5. The van der Waals surface area contributed by atoms with Crippen LogP contribution in [0.5, 0.6) is 0 Å². The molecule has 14 nitrogen and oxygen atoms in total. The van der Waals surface area contributed by atoms with Gasteiger partial charge in [-0.15, -0.1) is 0 Å². The molecular weight excluding hydrogens is 548 g/mol. The van der Waals surface area contributed by atoms with Gasteiger partial charge in [0.2, 0.25) is 0 Å². The zero-order valence-electron chi connectivity index (χ0n) is 22.4. The van der Waals surface area contributed by atoms with Crippen molar-refractivity contribution < 1.29 is 56.0 Å². The number of anilines is 4. The predicted molar refractivity (Wildman–Crippen MR) is 141 cm³/mol. The van der Waals surface area contributed by atoms with E-state index in [1.807, 2.05) is 11.9 Å². The van der Waals surface area contributed by atoms with E-state index in [0.29, 0.717) is 52.2 Å². The average molecular weight is 581 g/mol. The maximum atomic E-state index is 12.8. The van der Waals surface area contributed by atoms with Crippen LogP contribution in [0.15, 0.2) is 48.5 Å². The molecule has 0 aromatic heterocycles. The minimum atomic E-state index is -0.632. The summed E-state index contributed by atoms with van der Waals surface area (Å²) < 4.78 is 9.41. The Morgan fingerprint density at radius 2 is 1.20 bits per heavy atom. The van der Waals surface area contributed by atoms with Crippen LogP contribution in [-0.4, -0.2) is 104 Å². The van der Waals surface area contributed by atoms with Gasteiger partial charge in [0.1, 0.15) is 0 Å². The van der Waals surface area contributed by atoms with E-state index in [-0.39, 0.29) is 36.9 Å². The number of likely N-dealkylation sites (N-methyl/N-ethyl adjacent to an activating group) is 1. The molecule has 0 radical (unpaired) electrons. The monoisotopic (exact) mass is 580 g/mol. The number of carbonyl (C=O) groups excluding carboxylic acids is 4. The van der Waals surface area contributed by atoms with Gasteiger partial charge in [-0.3, -0.25) is 35.5 Å². The second kappa shape index (κ2) is 14.4. The number of hydrogen-bond donors (Lipinski definition) is 4. The van der Waals surface area contributed by atoms with Crippen molar-refractivity contribution in [1.82, 2.24) is 4.90 Å². The summed E-state index contributed by atoms with van der Waals surface area (Å²) in [6.45, 7) is 2.13. The number of benzene rings is 2. The number of ether oxygens (including phenoxy) is 2. The lowest BCUT2D eigenvalue weighted by Gasteiger charge is -2.41. The van der Waals surface area contributed by atoms with Gasteiger partial charge >= 0.3 is 18.1 Å². The second-order valence-corrected chi connectivity index (χ2v) is 9.24. The van der Waals surface area contributed by atoms with E-state index in [1.165, 1.54) is 62.8 Å². The number of hydrogen-bond acceptors (Lipinski definition) is 9. The van der Waals surface area contributed by atoms with Crippen LogP contribution < -0.4 is 33.2 Å². The Kier molecular flexibility index (Phi) is 11.6. The van der Waals surface area contributed by atoms with Gasteiger partial charge in [-0.1, -0.05) is 0 Å². The Hall–Kier alpha value is -3.95. The van der Waals surface area contributed by atoms with Crippen molar-refractivity contribution in [2.75, 3.05) is 81.3 Å². The standard InChI is InChI=1S/C25H32N6O8.ClH/c1-31(17-23(33)30(37)21-10-6-19(7-11-21)27-25(35)39-3)14-12-28(13-15-31)16-22(32)29(36)20-8-4-18(5-9-20)26-24(34)38-2;/h4-11,36-37H,12-17H2,1-3H3,(H-,26,27,34,35);1H. The van der Waals surface area contributed by atoms with Crippen LogP contribution in [0.1, 0.15) is 0 Å². The highest BCUT2D eigenvalue weighted by Gasteiger charge is 2.34. The average Bonchev–Trinajstić information content (AvgIpc) is 2.94. The van der Waals surface area contributed by atoms with Crippen molar-refractivity contribution in [2.24, 2.45) is 0 Å². The summed E-state index contributed by atoms with van der Waals surface area (Å²) in [6.07, 6.45) is -1.26. The molecule has 40 heavy (non-hydrogen) atoms. The summed E-state index contributed by atoms with van der Waals surface area (Å²) >= 11 is 0. The number of methoxy groups -OCH3 is 2. The van der Waals surface area contributed by atoms with Crippen LogP contribution in [0.2, 0.25) is 0 Å². The van der Waals surface area contributed by atoms with E-state index in [1.54, 1.807) is 0 Å². The highest BCUT2D eigenvalue weighted by molar-refractivity contribution is 5.93. The van der Waals surface area contributed by atoms with Crippen LogP contribution >= 0.6 is 0 Å². The van der Waals surface area contributed by atoms with E-state index in [9.17, 15) is 29.6 Å². The third kappa shape index (κ3) is 8.79. The summed E-state index contributed by atoms with van der Waals surface area (Å²) in [7, 11) is 4.39. The molecular formula is C25H33ClN6O8. The lowest BCUT2D eigenvalue weighted by Crippen LogP contribution is -3.00. The SMILES string of the molecule is COC(=O)Nc1ccc(N(O)C(=O)CN2CC[N+](C)(CC(=O)N(O)c3ccc(NC(=O)OC)cc3)CC2)cc1.[Cl-]. The highest BCUT2D eigenvalue weighted by atomic mass is 35.5. The smallest absolute Gasteiger partial charge is 0.411 e. The molecule has 0 bridgehead atoms. The summed E-state index contributed by atoms with van der Waals surface area (Å²) in [6, 6.07) is 12.1. The van der Waals surface area contributed by atoms with Gasteiger partial charge in [0, 0.05) is 24.5 Å². The normalized spacial score (nSPS) is 14.2. The molecule has 4 N–H and O–H groups in total. The van der Waals surface area contributed by atoms with Crippen molar-refractivity contribution >= 4 is 46.8 Å². The molecule has 1 aliphatic heterocycles. The molecule has 15 heteroatoms. The molecule has 4 amide bonds. The predicted octanol–water partition coefficient (Wildman–Crippen LogP) is -1.05. The molecule has 218 valence electrons. The Morgan fingerprint density at radius 3 is 1.60 bits per heavy atom. The van der Waals surface area contributed by atoms with Crippen molar-refractivity contribution in [3.8, 4) is 0 Å². The van der Waals surface area contributed by atoms with Crippen LogP contribution in [0.3, 0.4) is 0 Å². The van der Waals surface area contributed by atoms with Gasteiger partial charge in [0.25, 0.3) is 5.91 Å². The number of nitrogens with zero attached hydrogens (tertiary/aromatic N) is 4. The maximum absolute atomic E-state index is 12.8. The minimum absolute atomic E-state index is 0. The number of halogens is 1. The Morgan fingerprint density at radius 1 is 0.800 bits per heavy atom. The largest absolute Gasteiger partial charge is 1.00 e. The fourth-order valence-corrected chi connectivity index (χ4v) is 3.95. The molecule has 1 fully saturated rings. The molecule has 3 rings (SSSR count). The fourth-order valence-electron chi connectivity index (χ4n) is 3.95. The summed E-state index contributed by atoms with van der Waals surface area (Å²) in [4.78, 5) is 49.8. The fraction of sp³-hybridized carbons (Fsp3) is 0.360. The Balaban J connectivity index is 0.00000560. The van der Waals surface area contributed by atoms with E-state index in [2.05, 4.69) is 20.1 Å². The van der Waals surface area contributed by atoms with Crippen LogP contribution in [0, 0.1) is 0 Å². The van der Waals surface area contributed by atoms with E-state index in [4.69, 9.17) is 0 Å². The topological polar surface area (TPSA) is 161 Å². The molecule has 1 heterocycles. The second-order valence-electron chi connectivity index (χ2n) is 9.24. The van der Waals surface area contributed by atoms with Gasteiger partial charge in [0.15, 0.2) is 6.54 Å². The molecule has 0 spiro atoms. The third-order valence-electron chi connectivity index (χ3n) is 6.35. The van der Waals surface area contributed by atoms with Gasteiger partial charge in [-0.2, -0.15) is 10.1 Å². The summed E-state index contributed by atoms with van der Waals surface area (Å²) in [5.41, 5.74) is 1.40. The first kappa shape index (κ1) is 32.3. The van der Waals surface area contributed by atoms with Crippen molar-refractivity contribution in [3.05, 3.63) is 48.5 Å². The summed E-state index contributed by atoms with van der Waals surface area (Å²) in [5.74, 6) is -1.02. The molecule has 0 aliphatic carbocycles. The molecule has 0 atom stereocenters. The van der Waals surface area contributed by atoms with Crippen molar-refractivity contribution in [1.29, 1.82) is 0 Å². The third-order valence-corrected chi connectivity index (χ3v) is 6.35. The van der Waals surface area contributed by atoms with Crippen LogP contribution in [0.4, 0.5) is 32.3 Å². The number of rotatable bonds is 8. The number of amides is 4. The molecule has 1 aliphatic rings. The molecule has 0 saturated carbocycles. The molecule has 0 unspecified atom stereocenters. The number of piperazine rings is 1. The van der Waals surface area contributed by atoms with Crippen LogP contribution in [-0.2, 0) is 19.1 Å². The Labute approximate surface area is 237 Å². The lowest BCUT2D eigenvalue weighted by molar-refractivity contribution is -0.906. The highest BCUT2D eigenvalue weighted by Crippen LogP contribution is 2.20. The van der Waals surface area contributed by atoms with E-state index < -0.39 is 24.0 Å².